The molecule has 2 heterocycles. The third-order valence-corrected chi connectivity index (χ3v) is 4.24. The second kappa shape index (κ2) is 4.88. The lowest BCUT2D eigenvalue weighted by Crippen LogP contribution is -2.23. The molecule has 3 aromatic rings. The number of fused-ring (bicyclic) bond motifs is 5. The maximum absolute atomic E-state index is 8.56. The fourth-order valence-electron chi connectivity index (χ4n) is 3.23. The highest BCUT2D eigenvalue weighted by atomic mass is 15.2. The van der Waals surface area contributed by atoms with E-state index < -0.39 is 0 Å². The van der Waals surface area contributed by atoms with Gasteiger partial charge >= 0.3 is 0 Å². The molecule has 1 aliphatic rings. The summed E-state index contributed by atoms with van der Waals surface area (Å²) in [7, 11) is 0. The zero-order chi connectivity index (χ0) is 15.1. The lowest BCUT2D eigenvalue weighted by Gasteiger charge is -2.08. The largest absolute Gasteiger partial charge is 0.313 e. The second-order valence-corrected chi connectivity index (χ2v) is 5.58. The van der Waals surface area contributed by atoms with Gasteiger partial charge in [0.25, 0.3) is 0 Å². The minimum atomic E-state index is 0.485. The molecule has 0 saturated heterocycles. The van der Waals surface area contributed by atoms with Gasteiger partial charge in [0.05, 0.1) is 11.4 Å². The Hall–Kier alpha value is -2.81. The van der Waals surface area contributed by atoms with E-state index in [0.29, 0.717) is 12.2 Å². The fraction of sp³-hybridized carbons (Fsp3) is 0.105. The summed E-state index contributed by atoms with van der Waals surface area (Å²) in [6.45, 7) is 4.44. The molecule has 108 valence electrons. The van der Waals surface area contributed by atoms with Gasteiger partial charge in [-0.05, 0) is 17.2 Å². The van der Waals surface area contributed by atoms with Gasteiger partial charge in [0.15, 0.2) is 0 Å². The molecule has 0 atom stereocenters. The molecule has 0 unspecified atom stereocenters. The first-order chi connectivity index (χ1) is 10.8. The van der Waals surface area contributed by atoms with Crippen LogP contribution < -0.4 is 5.62 Å². The molecule has 3 nitrogen and oxygen atoms in total. The summed E-state index contributed by atoms with van der Waals surface area (Å²) in [6, 6.07) is 16.8. The number of aromatic nitrogens is 2. The number of benzene rings is 2. The predicted molar refractivity (Wildman–Crippen MR) is 88.1 cm³/mol. The highest BCUT2D eigenvalue weighted by Gasteiger charge is 2.20. The summed E-state index contributed by atoms with van der Waals surface area (Å²) in [6.07, 6.45) is 4.79. The standard InChI is InChI=1S/C19H17N3/c1-2-11-21-13-18-16-9-5-3-7-14(16)12-15-8-4-6-10-17(15)22(18)19(21)20/h2-10,13,20H,1,11-12H2. The summed E-state index contributed by atoms with van der Waals surface area (Å²) >= 11 is 0. The molecule has 0 saturated carbocycles. The molecule has 0 radical (unpaired) electrons. The molecule has 0 fully saturated rings. The average Bonchev–Trinajstić information content (AvgIpc) is 2.78. The number of nitrogens with zero attached hydrogens (tertiary/aromatic N) is 2. The molecule has 0 aliphatic carbocycles. The molecule has 0 spiro atoms. The van der Waals surface area contributed by atoms with Crippen molar-refractivity contribution in [2.75, 3.05) is 0 Å². The first-order valence-corrected chi connectivity index (χ1v) is 7.44. The van der Waals surface area contributed by atoms with Gasteiger partial charge in [-0.1, -0.05) is 48.5 Å². The zero-order valence-corrected chi connectivity index (χ0v) is 12.3. The highest BCUT2D eigenvalue weighted by Crippen LogP contribution is 2.32. The molecule has 4 rings (SSSR count). The Morgan fingerprint density at radius 2 is 1.77 bits per heavy atom. The Balaban J connectivity index is 2.12. The molecule has 1 N–H and O–H groups in total. The Bertz CT molecular complexity index is 928. The molecule has 22 heavy (non-hydrogen) atoms. The van der Waals surface area contributed by atoms with Crippen molar-refractivity contribution < 1.29 is 0 Å². The van der Waals surface area contributed by atoms with E-state index in [-0.39, 0.29) is 0 Å². The van der Waals surface area contributed by atoms with Crippen molar-refractivity contribution in [1.82, 2.24) is 9.13 Å². The Kier molecular flexibility index (Phi) is 2.86. The van der Waals surface area contributed by atoms with Crippen LogP contribution in [0.25, 0.3) is 16.9 Å². The number of imidazole rings is 1. The minimum Gasteiger partial charge on any atom is -0.313 e. The van der Waals surface area contributed by atoms with Crippen molar-refractivity contribution in [1.29, 1.82) is 5.41 Å². The van der Waals surface area contributed by atoms with Crippen LogP contribution in [0.3, 0.4) is 0 Å². The number of nitrogens with one attached hydrogen (secondary N) is 1. The first kappa shape index (κ1) is 12.9. The molecule has 3 heteroatoms. The molecular weight excluding hydrogens is 270 g/mol. The van der Waals surface area contributed by atoms with Crippen LogP contribution in [0.4, 0.5) is 0 Å². The van der Waals surface area contributed by atoms with Crippen LogP contribution >= 0.6 is 0 Å². The summed E-state index contributed by atoms with van der Waals surface area (Å²) in [4.78, 5) is 0. The van der Waals surface area contributed by atoms with Crippen molar-refractivity contribution >= 4 is 0 Å². The molecule has 1 aromatic heterocycles. The van der Waals surface area contributed by atoms with Gasteiger partial charge in [-0.2, -0.15) is 0 Å². The number of rotatable bonds is 2. The summed E-state index contributed by atoms with van der Waals surface area (Å²) in [5.41, 5.74) is 6.42. The smallest absolute Gasteiger partial charge is 0.207 e. The second-order valence-electron chi connectivity index (χ2n) is 5.58. The zero-order valence-electron chi connectivity index (χ0n) is 12.3. The highest BCUT2D eigenvalue weighted by molar-refractivity contribution is 5.69. The molecule has 0 amide bonds. The third kappa shape index (κ3) is 1.79. The number of hydrogen-bond donors (Lipinski definition) is 1. The number of hydrogen-bond acceptors (Lipinski definition) is 1. The van der Waals surface area contributed by atoms with Gasteiger partial charge in [-0.25, -0.2) is 0 Å². The molecular formula is C19H17N3. The van der Waals surface area contributed by atoms with Crippen LogP contribution in [0.15, 0.2) is 67.4 Å². The van der Waals surface area contributed by atoms with E-state index >= 15 is 0 Å². The van der Waals surface area contributed by atoms with E-state index in [1.165, 1.54) is 16.7 Å². The molecule has 0 bridgehead atoms. The van der Waals surface area contributed by atoms with Crippen LogP contribution in [0.1, 0.15) is 11.1 Å². The average molecular weight is 287 g/mol. The predicted octanol–water partition coefficient (Wildman–Crippen LogP) is 3.52. The van der Waals surface area contributed by atoms with E-state index in [2.05, 4.69) is 55.2 Å². The first-order valence-electron chi connectivity index (χ1n) is 7.44. The topological polar surface area (TPSA) is 33.7 Å². The number of allylic oxidation sites excluding steroid dienone is 1. The Morgan fingerprint density at radius 1 is 1.05 bits per heavy atom. The van der Waals surface area contributed by atoms with Crippen molar-refractivity contribution in [2.45, 2.75) is 13.0 Å². The van der Waals surface area contributed by atoms with Crippen molar-refractivity contribution in [2.24, 2.45) is 0 Å². The van der Waals surface area contributed by atoms with Crippen molar-refractivity contribution in [3.63, 3.8) is 0 Å². The lowest BCUT2D eigenvalue weighted by molar-refractivity contribution is 0.718. The summed E-state index contributed by atoms with van der Waals surface area (Å²) < 4.78 is 3.98. The van der Waals surface area contributed by atoms with Gasteiger partial charge < -0.3 is 4.57 Å². The maximum Gasteiger partial charge on any atom is 0.207 e. The Labute approximate surface area is 129 Å². The van der Waals surface area contributed by atoms with Crippen LogP contribution in [0.2, 0.25) is 0 Å². The van der Waals surface area contributed by atoms with E-state index in [4.69, 9.17) is 5.41 Å². The van der Waals surface area contributed by atoms with Crippen LogP contribution in [-0.2, 0) is 13.0 Å². The fourth-order valence-corrected chi connectivity index (χ4v) is 3.23. The van der Waals surface area contributed by atoms with Crippen LogP contribution in [-0.4, -0.2) is 9.13 Å². The summed E-state index contributed by atoms with van der Waals surface area (Å²) in [5.74, 6) is 0. The van der Waals surface area contributed by atoms with E-state index in [0.717, 1.165) is 17.8 Å². The van der Waals surface area contributed by atoms with Crippen molar-refractivity contribution in [3.05, 3.63) is 84.1 Å². The van der Waals surface area contributed by atoms with E-state index in [9.17, 15) is 0 Å². The van der Waals surface area contributed by atoms with Gasteiger partial charge in [0.1, 0.15) is 0 Å². The Morgan fingerprint density at radius 3 is 2.59 bits per heavy atom. The maximum atomic E-state index is 8.56. The lowest BCUT2D eigenvalue weighted by atomic mass is 9.99. The molecule has 2 aromatic carbocycles. The quantitative estimate of drug-likeness (QED) is 0.547. The van der Waals surface area contributed by atoms with Gasteiger partial charge in [0.2, 0.25) is 5.62 Å². The monoisotopic (exact) mass is 287 g/mol. The van der Waals surface area contributed by atoms with Crippen LogP contribution in [0.5, 0.6) is 0 Å². The summed E-state index contributed by atoms with van der Waals surface area (Å²) in [5, 5.41) is 8.56. The minimum absolute atomic E-state index is 0.485. The number of para-hydroxylation sites is 1. The van der Waals surface area contributed by atoms with E-state index in [1.807, 2.05) is 21.3 Å². The van der Waals surface area contributed by atoms with Crippen LogP contribution in [0, 0.1) is 5.41 Å². The SMILES string of the molecule is C=CCn1cc2n(c1=N)-c1ccccc1Cc1ccccc1-2. The van der Waals surface area contributed by atoms with E-state index in [1.54, 1.807) is 0 Å². The van der Waals surface area contributed by atoms with Gasteiger partial charge in [-0.15, -0.1) is 6.58 Å². The van der Waals surface area contributed by atoms with Gasteiger partial charge in [-0.3, -0.25) is 9.98 Å². The van der Waals surface area contributed by atoms with Crippen molar-refractivity contribution in [3.8, 4) is 16.9 Å². The third-order valence-electron chi connectivity index (χ3n) is 4.24. The normalized spacial score (nSPS) is 12.0. The molecule has 1 aliphatic heterocycles. The van der Waals surface area contributed by atoms with Gasteiger partial charge in [0, 0.05) is 24.7 Å².